The molecule has 0 aromatic heterocycles. The molecule has 1 aromatic rings. The Balaban J connectivity index is 2.06. The van der Waals surface area contributed by atoms with Crippen LogP contribution in [0.25, 0.3) is 0 Å². The number of nitrogens with zero attached hydrogens (tertiary/aromatic N) is 1. The number of carbonyl (C=O) groups is 1. The third-order valence-electron chi connectivity index (χ3n) is 3.96. The number of halogens is 1. The first-order valence-corrected chi connectivity index (χ1v) is 7.16. The first-order chi connectivity index (χ1) is 9.63. The second-order valence-electron chi connectivity index (χ2n) is 5.48. The number of ether oxygens (including phenoxy) is 1. The summed E-state index contributed by atoms with van der Waals surface area (Å²) in [7, 11) is 1.69. The van der Waals surface area contributed by atoms with Crippen LogP contribution < -0.4 is 0 Å². The normalized spacial score (nSPS) is 19.1. The van der Waals surface area contributed by atoms with Crippen molar-refractivity contribution in [3.05, 3.63) is 35.1 Å². The monoisotopic (exact) mass is 279 g/mol. The standard InChI is InChI=1S/C16H22FNO2/c1-12-5-3-7-14(15(12)17)16(19)18-9-4-6-13(11-18)8-10-20-2/h3,5,7,13H,4,6,8-11H2,1-2H3/t13-/m0/s1. The van der Waals surface area contributed by atoms with Crippen molar-refractivity contribution in [3.63, 3.8) is 0 Å². The number of methoxy groups -OCH3 is 1. The summed E-state index contributed by atoms with van der Waals surface area (Å²) in [6, 6.07) is 4.99. The molecule has 4 heteroatoms. The maximum absolute atomic E-state index is 14.0. The van der Waals surface area contributed by atoms with Gasteiger partial charge in [-0.25, -0.2) is 4.39 Å². The summed E-state index contributed by atoms with van der Waals surface area (Å²) in [5.74, 6) is -0.120. The van der Waals surface area contributed by atoms with Crippen molar-refractivity contribution in [2.24, 2.45) is 5.92 Å². The van der Waals surface area contributed by atoms with Crippen LogP contribution in [0.3, 0.4) is 0 Å². The Labute approximate surface area is 119 Å². The van der Waals surface area contributed by atoms with Gasteiger partial charge in [-0.05, 0) is 43.7 Å². The molecule has 0 spiro atoms. The molecule has 3 nitrogen and oxygen atoms in total. The fraction of sp³-hybridized carbons (Fsp3) is 0.562. The fourth-order valence-electron chi connectivity index (χ4n) is 2.75. The van der Waals surface area contributed by atoms with Crippen molar-refractivity contribution >= 4 is 5.91 Å². The van der Waals surface area contributed by atoms with Gasteiger partial charge in [-0.3, -0.25) is 4.79 Å². The summed E-state index contributed by atoms with van der Waals surface area (Å²) >= 11 is 0. The van der Waals surface area contributed by atoms with Gasteiger partial charge in [0.2, 0.25) is 0 Å². The van der Waals surface area contributed by atoms with E-state index in [0.29, 0.717) is 24.6 Å². The minimum atomic E-state index is -0.392. The highest BCUT2D eigenvalue weighted by Gasteiger charge is 2.26. The van der Waals surface area contributed by atoms with Crippen LogP contribution >= 0.6 is 0 Å². The van der Waals surface area contributed by atoms with Crippen molar-refractivity contribution in [1.29, 1.82) is 0 Å². The summed E-state index contributed by atoms with van der Waals surface area (Å²) in [6.07, 6.45) is 3.05. The Kier molecular flexibility index (Phi) is 5.12. The highest BCUT2D eigenvalue weighted by atomic mass is 19.1. The van der Waals surface area contributed by atoms with Gasteiger partial charge in [-0.1, -0.05) is 12.1 Å². The van der Waals surface area contributed by atoms with Crippen molar-refractivity contribution in [2.45, 2.75) is 26.2 Å². The molecule has 1 fully saturated rings. The molecule has 1 aliphatic heterocycles. The molecule has 110 valence electrons. The Morgan fingerprint density at radius 3 is 3.05 bits per heavy atom. The van der Waals surface area contributed by atoms with Gasteiger partial charge in [0.1, 0.15) is 5.82 Å². The van der Waals surface area contributed by atoms with E-state index in [1.54, 1.807) is 37.1 Å². The highest BCUT2D eigenvalue weighted by Crippen LogP contribution is 2.22. The van der Waals surface area contributed by atoms with E-state index in [0.717, 1.165) is 25.8 Å². The number of likely N-dealkylation sites (tertiary alicyclic amines) is 1. The number of hydrogen-bond acceptors (Lipinski definition) is 2. The van der Waals surface area contributed by atoms with Gasteiger partial charge in [-0.15, -0.1) is 0 Å². The predicted molar refractivity (Wildman–Crippen MR) is 76.3 cm³/mol. The largest absolute Gasteiger partial charge is 0.385 e. The van der Waals surface area contributed by atoms with Gasteiger partial charge in [-0.2, -0.15) is 0 Å². The third kappa shape index (κ3) is 3.37. The Bertz CT molecular complexity index is 476. The quantitative estimate of drug-likeness (QED) is 0.848. The predicted octanol–water partition coefficient (Wildman–Crippen LogP) is 3.02. The van der Waals surface area contributed by atoms with Crippen LogP contribution in [0.2, 0.25) is 0 Å². The molecule has 0 radical (unpaired) electrons. The zero-order chi connectivity index (χ0) is 14.5. The summed E-state index contributed by atoms with van der Waals surface area (Å²) in [4.78, 5) is 14.2. The minimum Gasteiger partial charge on any atom is -0.385 e. The molecule has 1 heterocycles. The van der Waals surface area contributed by atoms with Crippen molar-refractivity contribution in [3.8, 4) is 0 Å². The molecule has 20 heavy (non-hydrogen) atoms. The molecule has 0 unspecified atom stereocenters. The first-order valence-electron chi connectivity index (χ1n) is 7.16. The number of amides is 1. The maximum Gasteiger partial charge on any atom is 0.256 e. The summed E-state index contributed by atoms with van der Waals surface area (Å²) < 4.78 is 19.1. The van der Waals surface area contributed by atoms with Crippen LogP contribution in [0.15, 0.2) is 18.2 Å². The molecule has 1 saturated heterocycles. The summed E-state index contributed by atoms with van der Waals surface area (Å²) in [5, 5.41) is 0. The molecule has 1 aliphatic rings. The van der Waals surface area contributed by atoms with Gasteiger partial charge in [0.15, 0.2) is 0 Å². The van der Waals surface area contributed by atoms with Gasteiger partial charge >= 0.3 is 0 Å². The molecular weight excluding hydrogens is 257 g/mol. The Morgan fingerprint density at radius 1 is 1.50 bits per heavy atom. The molecule has 0 aliphatic carbocycles. The zero-order valence-electron chi connectivity index (χ0n) is 12.2. The third-order valence-corrected chi connectivity index (χ3v) is 3.96. The van der Waals surface area contributed by atoms with Gasteiger partial charge < -0.3 is 9.64 Å². The number of piperidine rings is 1. The summed E-state index contributed by atoms with van der Waals surface area (Å²) in [6.45, 7) is 3.82. The van der Waals surface area contributed by atoms with E-state index in [2.05, 4.69) is 0 Å². The lowest BCUT2D eigenvalue weighted by Gasteiger charge is -2.33. The van der Waals surface area contributed by atoms with Crippen LogP contribution in [0, 0.1) is 18.7 Å². The number of hydrogen-bond donors (Lipinski definition) is 0. The molecule has 1 amide bonds. The molecule has 1 aromatic carbocycles. The fourth-order valence-corrected chi connectivity index (χ4v) is 2.75. The lowest BCUT2D eigenvalue weighted by molar-refractivity contribution is 0.0637. The average Bonchev–Trinajstić information content (AvgIpc) is 2.47. The molecule has 1 atom stereocenters. The second kappa shape index (κ2) is 6.84. The van der Waals surface area contributed by atoms with Gasteiger partial charge in [0, 0.05) is 26.8 Å². The lowest BCUT2D eigenvalue weighted by Crippen LogP contribution is -2.40. The lowest BCUT2D eigenvalue weighted by atomic mass is 9.94. The van der Waals surface area contributed by atoms with Crippen LogP contribution in [-0.2, 0) is 4.74 Å². The topological polar surface area (TPSA) is 29.5 Å². The molecule has 0 N–H and O–H groups in total. The number of benzene rings is 1. The average molecular weight is 279 g/mol. The van der Waals surface area contributed by atoms with Crippen molar-refractivity contribution < 1.29 is 13.9 Å². The van der Waals surface area contributed by atoms with Crippen molar-refractivity contribution in [1.82, 2.24) is 4.90 Å². The van der Waals surface area contributed by atoms with E-state index in [9.17, 15) is 9.18 Å². The van der Waals surface area contributed by atoms with Crippen molar-refractivity contribution in [2.75, 3.05) is 26.8 Å². The number of carbonyl (C=O) groups excluding carboxylic acids is 1. The zero-order valence-corrected chi connectivity index (χ0v) is 12.2. The van der Waals surface area contributed by atoms with E-state index in [1.807, 2.05) is 0 Å². The molecule has 2 rings (SSSR count). The SMILES string of the molecule is COCC[C@@H]1CCCN(C(=O)c2cccc(C)c2F)C1. The number of aryl methyl sites for hydroxylation is 1. The van der Waals surface area contributed by atoms with E-state index < -0.39 is 5.82 Å². The van der Waals surface area contributed by atoms with E-state index >= 15 is 0 Å². The molecule has 0 bridgehead atoms. The van der Waals surface area contributed by atoms with Crippen LogP contribution in [-0.4, -0.2) is 37.6 Å². The smallest absolute Gasteiger partial charge is 0.256 e. The molecular formula is C16H22FNO2. The maximum atomic E-state index is 14.0. The first kappa shape index (κ1) is 15.0. The Hall–Kier alpha value is -1.42. The highest BCUT2D eigenvalue weighted by molar-refractivity contribution is 5.94. The van der Waals surface area contributed by atoms with Gasteiger partial charge in [0.25, 0.3) is 5.91 Å². The van der Waals surface area contributed by atoms with Crippen LogP contribution in [0.4, 0.5) is 4.39 Å². The minimum absolute atomic E-state index is 0.187. The van der Waals surface area contributed by atoms with Gasteiger partial charge in [0.05, 0.1) is 5.56 Å². The second-order valence-corrected chi connectivity index (χ2v) is 5.48. The number of rotatable bonds is 4. The Morgan fingerprint density at radius 2 is 2.30 bits per heavy atom. The van der Waals surface area contributed by atoms with Crippen LogP contribution in [0.5, 0.6) is 0 Å². The van der Waals surface area contributed by atoms with E-state index in [-0.39, 0.29) is 11.5 Å². The van der Waals surface area contributed by atoms with E-state index in [4.69, 9.17) is 4.74 Å². The summed E-state index contributed by atoms with van der Waals surface area (Å²) in [5.41, 5.74) is 0.709. The van der Waals surface area contributed by atoms with E-state index in [1.165, 1.54) is 0 Å². The van der Waals surface area contributed by atoms with Crippen LogP contribution in [0.1, 0.15) is 35.2 Å². The molecule has 0 saturated carbocycles.